The van der Waals surface area contributed by atoms with Crippen LogP contribution in [0.1, 0.15) is 42.0 Å². The van der Waals surface area contributed by atoms with Gasteiger partial charge in [-0.05, 0) is 67.0 Å². The lowest BCUT2D eigenvalue weighted by atomic mass is 9.89. The maximum atomic E-state index is 15.0. The SMILES string of the molecule is COC(=O)Cc1ccc(Nc2nc(N3CCC(c4ccc(Cl)cc4)CC3)nc3c2S(=O)(=O)CCC3)c(F)c1. The molecule has 3 heterocycles. The third-order valence-corrected chi connectivity index (χ3v) is 9.17. The lowest BCUT2D eigenvalue weighted by Crippen LogP contribution is -2.35. The van der Waals surface area contributed by atoms with Crippen molar-refractivity contribution in [3.63, 3.8) is 0 Å². The highest BCUT2D eigenvalue weighted by Gasteiger charge is 2.32. The lowest BCUT2D eigenvalue weighted by molar-refractivity contribution is -0.139. The minimum absolute atomic E-state index is 0.00950. The van der Waals surface area contributed by atoms with Gasteiger partial charge < -0.3 is 15.0 Å². The number of hydrogen-bond donors (Lipinski definition) is 1. The summed E-state index contributed by atoms with van der Waals surface area (Å²) in [6.07, 6.45) is 2.68. The van der Waals surface area contributed by atoms with Crippen LogP contribution in [0.15, 0.2) is 47.4 Å². The summed E-state index contributed by atoms with van der Waals surface area (Å²) < 4.78 is 45.6. The summed E-state index contributed by atoms with van der Waals surface area (Å²) in [7, 11) is -2.36. The minimum atomic E-state index is -3.63. The molecular formula is C27H28ClFN4O4S. The predicted octanol–water partition coefficient (Wildman–Crippen LogP) is 4.83. The molecule has 0 atom stereocenters. The van der Waals surface area contributed by atoms with Gasteiger partial charge in [-0.2, -0.15) is 4.98 Å². The third-order valence-electron chi connectivity index (χ3n) is 7.04. The molecule has 1 N–H and O–H groups in total. The minimum Gasteiger partial charge on any atom is -0.469 e. The number of aryl methyl sites for hydroxylation is 1. The van der Waals surface area contributed by atoms with Crippen molar-refractivity contribution >= 4 is 44.9 Å². The number of esters is 1. The number of nitrogens with zero attached hydrogens (tertiary/aromatic N) is 3. The molecule has 38 heavy (non-hydrogen) atoms. The van der Waals surface area contributed by atoms with E-state index in [1.165, 1.54) is 24.8 Å². The number of rotatable bonds is 6. The van der Waals surface area contributed by atoms with E-state index in [1.807, 2.05) is 12.1 Å². The molecule has 0 unspecified atom stereocenters. The lowest BCUT2D eigenvalue weighted by Gasteiger charge is -2.33. The first-order chi connectivity index (χ1) is 18.2. The van der Waals surface area contributed by atoms with E-state index in [0.29, 0.717) is 54.1 Å². The molecule has 0 radical (unpaired) electrons. The zero-order valence-electron chi connectivity index (χ0n) is 20.9. The van der Waals surface area contributed by atoms with Gasteiger partial charge in [-0.15, -0.1) is 0 Å². The molecule has 1 aromatic heterocycles. The fourth-order valence-electron chi connectivity index (χ4n) is 5.02. The van der Waals surface area contributed by atoms with Gasteiger partial charge in [0.2, 0.25) is 5.95 Å². The molecule has 2 aromatic carbocycles. The van der Waals surface area contributed by atoms with Crippen molar-refractivity contribution in [1.82, 2.24) is 9.97 Å². The third kappa shape index (κ3) is 5.61. The van der Waals surface area contributed by atoms with Crippen molar-refractivity contribution in [2.24, 2.45) is 0 Å². The van der Waals surface area contributed by atoms with Crippen LogP contribution in [0.3, 0.4) is 0 Å². The van der Waals surface area contributed by atoms with Crippen molar-refractivity contribution in [1.29, 1.82) is 0 Å². The average molecular weight is 559 g/mol. The fourth-order valence-corrected chi connectivity index (χ4v) is 6.77. The van der Waals surface area contributed by atoms with Gasteiger partial charge in [0.25, 0.3) is 0 Å². The predicted molar refractivity (Wildman–Crippen MR) is 143 cm³/mol. The molecule has 0 saturated carbocycles. The number of hydrogen-bond acceptors (Lipinski definition) is 8. The molecule has 0 bridgehead atoms. The van der Waals surface area contributed by atoms with Crippen molar-refractivity contribution in [2.75, 3.05) is 36.2 Å². The van der Waals surface area contributed by atoms with Crippen LogP contribution < -0.4 is 10.2 Å². The Kier molecular flexibility index (Phi) is 7.54. The number of fused-ring (bicyclic) bond motifs is 1. The van der Waals surface area contributed by atoms with Crippen molar-refractivity contribution in [2.45, 2.75) is 42.9 Å². The highest BCUT2D eigenvalue weighted by molar-refractivity contribution is 7.91. The zero-order valence-corrected chi connectivity index (χ0v) is 22.5. The molecule has 0 aliphatic carbocycles. The maximum Gasteiger partial charge on any atom is 0.309 e. The van der Waals surface area contributed by atoms with E-state index >= 15 is 0 Å². The van der Waals surface area contributed by atoms with Crippen molar-refractivity contribution in [3.05, 3.63) is 70.1 Å². The topological polar surface area (TPSA) is 101 Å². The number of nitrogens with one attached hydrogen (secondary N) is 1. The van der Waals surface area contributed by atoms with Crippen LogP contribution in [0.5, 0.6) is 0 Å². The summed E-state index contributed by atoms with van der Waals surface area (Å²) in [5, 5.41) is 3.62. The van der Waals surface area contributed by atoms with Gasteiger partial charge in [-0.25, -0.2) is 17.8 Å². The Labute approximate surface area is 226 Å². The van der Waals surface area contributed by atoms with Gasteiger partial charge in [-0.3, -0.25) is 4.79 Å². The Morgan fingerprint density at radius 3 is 2.58 bits per heavy atom. The van der Waals surface area contributed by atoms with Crippen LogP contribution in [0.25, 0.3) is 0 Å². The van der Waals surface area contributed by atoms with Crippen LogP contribution in [0.4, 0.5) is 21.8 Å². The largest absolute Gasteiger partial charge is 0.469 e. The molecule has 1 saturated heterocycles. The van der Waals surface area contributed by atoms with Crippen LogP contribution in [-0.2, 0) is 32.2 Å². The number of piperidine rings is 1. The van der Waals surface area contributed by atoms with Gasteiger partial charge in [0.15, 0.2) is 15.7 Å². The molecule has 8 nitrogen and oxygen atoms in total. The van der Waals surface area contributed by atoms with Gasteiger partial charge >= 0.3 is 5.97 Å². The molecular weight excluding hydrogens is 531 g/mol. The smallest absolute Gasteiger partial charge is 0.309 e. The number of benzene rings is 2. The van der Waals surface area contributed by atoms with E-state index in [2.05, 4.69) is 37.1 Å². The van der Waals surface area contributed by atoms with E-state index in [-0.39, 0.29) is 28.6 Å². The van der Waals surface area contributed by atoms with Crippen molar-refractivity contribution < 1.29 is 22.3 Å². The van der Waals surface area contributed by atoms with Crippen molar-refractivity contribution in [3.8, 4) is 0 Å². The van der Waals surface area contributed by atoms with Crippen LogP contribution >= 0.6 is 11.6 Å². The van der Waals surface area contributed by atoms with Crippen LogP contribution in [0, 0.1) is 5.82 Å². The van der Waals surface area contributed by atoms with E-state index in [9.17, 15) is 17.6 Å². The van der Waals surface area contributed by atoms with Gasteiger partial charge in [0.1, 0.15) is 10.7 Å². The van der Waals surface area contributed by atoms with Gasteiger partial charge in [0.05, 0.1) is 30.7 Å². The molecule has 3 aromatic rings. The Morgan fingerprint density at radius 1 is 1.16 bits per heavy atom. The van der Waals surface area contributed by atoms with E-state index in [4.69, 9.17) is 11.6 Å². The highest BCUT2D eigenvalue weighted by atomic mass is 35.5. The summed E-state index contributed by atoms with van der Waals surface area (Å²) in [5.41, 5.74) is 2.19. The molecule has 11 heteroatoms. The molecule has 5 rings (SSSR count). The Bertz CT molecular complexity index is 1460. The average Bonchev–Trinajstić information content (AvgIpc) is 2.90. The number of carbonyl (C=O) groups excluding carboxylic acids is 1. The Morgan fingerprint density at radius 2 is 1.89 bits per heavy atom. The number of aromatic nitrogens is 2. The summed E-state index contributed by atoms with van der Waals surface area (Å²) >= 11 is 6.03. The number of anilines is 3. The number of methoxy groups -OCH3 is 1. The quantitative estimate of drug-likeness (QED) is 0.429. The van der Waals surface area contributed by atoms with Gasteiger partial charge in [0, 0.05) is 18.1 Å². The summed E-state index contributed by atoms with van der Waals surface area (Å²) in [4.78, 5) is 22.9. The van der Waals surface area contributed by atoms with E-state index in [1.54, 1.807) is 6.07 Å². The molecule has 0 spiro atoms. The van der Waals surface area contributed by atoms with Crippen LogP contribution in [-0.4, -0.2) is 50.3 Å². The standard InChI is InChI=1S/C27H28ClFN4O4S/c1-37-24(34)16-17-4-9-22(21(29)15-17)30-26-25-23(3-2-14-38(25,35)36)31-27(32-26)33-12-10-19(11-13-33)18-5-7-20(28)8-6-18/h4-9,15,19H,2-3,10-14,16H2,1H3,(H,30,31,32). The number of sulfone groups is 1. The second-order valence-electron chi connectivity index (χ2n) is 9.58. The molecule has 2 aliphatic rings. The normalized spacial score (nSPS) is 17.1. The number of carbonyl (C=O) groups is 1. The molecule has 0 amide bonds. The molecule has 2 aliphatic heterocycles. The van der Waals surface area contributed by atoms with E-state index < -0.39 is 21.6 Å². The fraction of sp³-hybridized carbons (Fsp3) is 0.370. The monoisotopic (exact) mass is 558 g/mol. The highest BCUT2D eigenvalue weighted by Crippen LogP contribution is 2.36. The van der Waals surface area contributed by atoms with Crippen LogP contribution in [0.2, 0.25) is 5.02 Å². The summed E-state index contributed by atoms with van der Waals surface area (Å²) in [6.45, 7) is 1.41. The second-order valence-corrected chi connectivity index (χ2v) is 12.1. The molecule has 200 valence electrons. The zero-order chi connectivity index (χ0) is 26.9. The van der Waals surface area contributed by atoms with Gasteiger partial charge in [-0.1, -0.05) is 29.8 Å². The number of ether oxygens (including phenoxy) is 1. The molecule has 1 fully saturated rings. The summed E-state index contributed by atoms with van der Waals surface area (Å²) in [5.74, 6) is -0.228. The summed E-state index contributed by atoms with van der Waals surface area (Å²) in [6, 6.07) is 12.2. The first-order valence-electron chi connectivity index (χ1n) is 12.5. The first kappa shape index (κ1) is 26.4. The Balaban J connectivity index is 1.42. The second kappa shape index (κ2) is 10.9. The van der Waals surface area contributed by atoms with E-state index in [0.717, 1.165) is 12.8 Å². The number of halogens is 2. The first-order valence-corrected chi connectivity index (χ1v) is 14.5. The Hall–Kier alpha value is -3.24. The maximum absolute atomic E-state index is 15.0.